The van der Waals surface area contributed by atoms with Gasteiger partial charge in [-0.15, -0.1) is 0 Å². The van der Waals surface area contributed by atoms with Crippen LogP contribution in [0.3, 0.4) is 0 Å². The quantitative estimate of drug-likeness (QED) is 0.627. The number of carbonyl (C=O) groups is 1. The number of hydrogen-bond donors (Lipinski definition) is 2. The van der Waals surface area contributed by atoms with Crippen LogP contribution in [-0.4, -0.2) is 35.4 Å². The van der Waals surface area contributed by atoms with Crippen LogP contribution in [-0.2, 0) is 9.53 Å². The van der Waals surface area contributed by atoms with Gasteiger partial charge in [0.1, 0.15) is 0 Å². The minimum Gasteiger partial charge on any atom is -0.479 e. The van der Waals surface area contributed by atoms with E-state index < -0.39 is 17.2 Å². The van der Waals surface area contributed by atoms with Gasteiger partial charge in [0.2, 0.25) is 0 Å². The van der Waals surface area contributed by atoms with Gasteiger partial charge in [0.15, 0.2) is 5.60 Å². The average molecular weight is 173 g/mol. The first-order valence-electron chi connectivity index (χ1n) is 4.00. The molecule has 0 bridgehead atoms. The molecule has 4 nitrogen and oxygen atoms in total. The zero-order valence-electron chi connectivity index (χ0n) is 7.68. The van der Waals surface area contributed by atoms with Crippen molar-refractivity contribution in [2.45, 2.75) is 32.0 Å². The maximum absolute atomic E-state index is 10.8. The average Bonchev–Trinajstić information content (AvgIpc) is 1.75. The molecule has 0 aliphatic carbocycles. The maximum Gasteiger partial charge on any atom is 0.338 e. The Morgan fingerprint density at radius 3 is 2.08 bits per heavy atom. The Kier molecular flexibility index (Phi) is 2.14. The number of carboxylic acids is 1. The minimum atomic E-state index is -0.988. The summed E-state index contributed by atoms with van der Waals surface area (Å²) < 4.78 is 5.46. The van der Waals surface area contributed by atoms with E-state index in [-0.39, 0.29) is 0 Å². The molecular weight excluding hydrogens is 158 g/mol. The number of aliphatic carboxylic acids is 1. The van der Waals surface area contributed by atoms with Crippen molar-refractivity contribution in [1.29, 1.82) is 0 Å². The van der Waals surface area contributed by atoms with Crippen LogP contribution in [0, 0.1) is 0 Å². The molecule has 1 fully saturated rings. The molecule has 1 saturated heterocycles. The molecule has 0 aromatic rings. The number of carboxylic acid groups (broad SMARTS) is 1. The fourth-order valence-electron chi connectivity index (χ4n) is 1.21. The van der Waals surface area contributed by atoms with Gasteiger partial charge < -0.3 is 15.2 Å². The Hall–Kier alpha value is -0.610. The first-order chi connectivity index (χ1) is 5.36. The molecule has 1 rings (SSSR count). The molecule has 4 heteroatoms. The summed E-state index contributed by atoms with van der Waals surface area (Å²) in [6, 6.07) is 0. The lowest BCUT2D eigenvalue weighted by atomic mass is 9.95. The summed E-state index contributed by atoms with van der Waals surface area (Å²) in [7, 11) is 0. The Morgan fingerprint density at radius 2 is 2.00 bits per heavy atom. The fourth-order valence-corrected chi connectivity index (χ4v) is 1.21. The van der Waals surface area contributed by atoms with Crippen LogP contribution in [0.25, 0.3) is 0 Å². The van der Waals surface area contributed by atoms with Gasteiger partial charge in [-0.05, 0) is 20.8 Å². The van der Waals surface area contributed by atoms with Crippen molar-refractivity contribution >= 4 is 5.97 Å². The summed E-state index contributed by atoms with van der Waals surface area (Å²) in [6.45, 7) is 6.38. The lowest BCUT2D eigenvalue weighted by Gasteiger charge is -2.42. The molecule has 0 unspecified atom stereocenters. The summed E-state index contributed by atoms with van der Waals surface area (Å²) in [5.41, 5.74) is -1.39. The second kappa shape index (κ2) is 2.71. The van der Waals surface area contributed by atoms with E-state index >= 15 is 0 Å². The van der Waals surface area contributed by atoms with Crippen molar-refractivity contribution < 1.29 is 14.6 Å². The van der Waals surface area contributed by atoms with Crippen LogP contribution in [0.2, 0.25) is 0 Å². The van der Waals surface area contributed by atoms with Crippen LogP contribution < -0.4 is 5.32 Å². The van der Waals surface area contributed by atoms with Gasteiger partial charge in [0.25, 0.3) is 0 Å². The normalized spacial score (nSPS) is 21.6. The molecule has 0 radical (unpaired) electrons. The molecule has 1 aliphatic heterocycles. The number of ether oxygens (including phenoxy) is 1. The summed E-state index contributed by atoms with van der Waals surface area (Å²) in [6.07, 6.45) is 0. The highest BCUT2D eigenvalue weighted by molar-refractivity contribution is 5.79. The fraction of sp³-hybridized carbons (Fsp3) is 0.875. The molecule has 1 heterocycles. The van der Waals surface area contributed by atoms with Crippen LogP contribution in [0.4, 0.5) is 0 Å². The van der Waals surface area contributed by atoms with Crippen LogP contribution >= 0.6 is 0 Å². The number of hydrogen-bond acceptors (Lipinski definition) is 3. The highest BCUT2D eigenvalue weighted by atomic mass is 16.6. The SMILES string of the molecule is CC(C)(C)OC1(C(=O)O)CNC1. The van der Waals surface area contributed by atoms with E-state index in [0.29, 0.717) is 13.1 Å². The van der Waals surface area contributed by atoms with Crippen molar-refractivity contribution in [3.05, 3.63) is 0 Å². The highest BCUT2D eigenvalue weighted by Gasteiger charge is 2.48. The third-order valence-corrected chi connectivity index (χ3v) is 1.71. The Morgan fingerprint density at radius 1 is 1.50 bits per heavy atom. The van der Waals surface area contributed by atoms with Gasteiger partial charge in [-0.2, -0.15) is 0 Å². The van der Waals surface area contributed by atoms with Crippen LogP contribution in [0.1, 0.15) is 20.8 Å². The Bertz CT molecular complexity index is 191. The standard InChI is InChI=1S/C8H15NO3/c1-7(2,3)12-8(6(10)11)4-9-5-8/h9H,4-5H2,1-3H3,(H,10,11). The molecule has 70 valence electrons. The second-order valence-electron chi connectivity index (χ2n) is 4.12. The Labute approximate surface area is 71.9 Å². The largest absolute Gasteiger partial charge is 0.479 e. The molecular formula is C8H15NO3. The molecule has 0 aromatic heterocycles. The number of nitrogens with one attached hydrogen (secondary N) is 1. The van der Waals surface area contributed by atoms with Crippen molar-refractivity contribution in [3.63, 3.8) is 0 Å². The van der Waals surface area contributed by atoms with Crippen molar-refractivity contribution in [1.82, 2.24) is 5.32 Å². The minimum absolute atomic E-state index is 0.402. The molecule has 0 aromatic carbocycles. The first kappa shape index (κ1) is 9.48. The summed E-state index contributed by atoms with van der Waals surface area (Å²) in [5.74, 6) is -0.879. The van der Waals surface area contributed by atoms with Gasteiger partial charge in [-0.3, -0.25) is 0 Å². The van der Waals surface area contributed by atoms with E-state index in [0.717, 1.165) is 0 Å². The molecule has 12 heavy (non-hydrogen) atoms. The molecule has 2 N–H and O–H groups in total. The molecule has 0 amide bonds. The van der Waals surface area contributed by atoms with Gasteiger partial charge in [-0.25, -0.2) is 4.79 Å². The third kappa shape index (κ3) is 1.76. The molecule has 0 saturated carbocycles. The predicted octanol–water partition coefficient (Wildman–Crippen LogP) is 0.228. The summed E-state index contributed by atoms with van der Waals surface area (Å²) in [5, 5.41) is 11.8. The van der Waals surface area contributed by atoms with E-state index in [9.17, 15) is 4.79 Å². The van der Waals surface area contributed by atoms with E-state index in [2.05, 4.69) is 5.32 Å². The van der Waals surface area contributed by atoms with Gasteiger partial charge in [0, 0.05) is 13.1 Å². The van der Waals surface area contributed by atoms with E-state index in [1.165, 1.54) is 0 Å². The highest BCUT2D eigenvalue weighted by Crippen LogP contribution is 2.24. The third-order valence-electron chi connectivity index (χ3n) is 1.71. The van der Waals surface area contributed by atoms with E-state index in [1.807, 2.05) is 20.8 Å². The summed E-state index contributed by atoms with van der Waals surface area (Å²) >= 11 is 0. The van der Waals surface area contributed by atoms with E-state index in [4.69, 9.17) is 9.84 Å². The summed E-state index contributed by atoms with van der Waals surface area (Å²) in [4.78, 5) is 10.8. The molecule has 0 spiro atoms. The van der Waals surface area contributed by atoms with Gasteiger partial charge in [-0.1, -0.05) is 0 Å². The predicted molar refractivity (Wildman–Crippen MR) is 44.1 cm³/mol. The molecule has 0 atom stereocenters. The lowest BCUT2D eigenvalue weighted by molar-refractivity contribution is -0.195. The zero-order chi connectivity index (χ0) is 9.41. The van der Waals surface area contributed by atoms with Gasteiger partial charge >= 0.3 is 5.97 Å². The Balaban J connectivity index is 2.63. The number of rotatable bonds is 2. The lowest BCUT2D eigenvalue weighted by Crippen LogP contribution is -2.67. The second-order valence-corrected chi connectivity index (χ2v) is 4.12. The van der Waals surface area contributed by atoms with Gasteiger partial charge in [0.05, 0.1) is 5.60 Å². The topological polar surface area (TPSA) is 58.6 Å². The smallest absolute Gasteiger partial charge is 0.338 e. The monoisotopic (exact) mass is 173 g/mol. The van der Waals surface area contributed by atoms with Crippen molar-refractivity contribution in [3.8, 4) is 0 Å². The molecule has 1 aliphatic rings. The first-order valence-corrected chi connectivity index (χ1v) is 4.00. The van der Waals surface area contributed by atoms with Crippen molar-refractivity contribution in [2.75, 3.05) is 13.1 Å². The van der Waals surface area contributed by atoms with Crippen LogP contribution in [0.5, 0.6) is 0 Å². The van der Waals surface area contributed by atoms with Crippen LogP contribution in [0.15, 0.2) is 0 Å². The van der Waals surface area contributed by atoms with Crippen molar-refractivity contribution in [2.24, 2.45) is 0 Å². The maximum atomic E-state index is 10.8. The zero-order valence-corrected chi connectivity index (χ0v) is 7.68. The van der Waals surface area contributed by atoms with E-state index in [1.54, 1.807) is 0 Å².